The van der Waals surface area contributed by atoms with E-state index in [1.807, 2.05) is 19.7 Å². The van der Waals surface area contributed by atoms with Crippen molar-refractivity contribution in [2.75, 3.05) is 6.61 Å². The van der Waals surface area contributed by atoms with E-state index in [0.717, 1.165) is 18.3 Å². The highest BCUT2D eigenvalue weighted by atomic mass is 19.1. The SMILES string of the molecule is CCCCOc1ccc(B(C)C)cc1F. The van der Waals surface area contributed by atoms with Gasteiger partial charge in [0, 0.05) is 0 Å². The van der Waals surface area contributed by atoms with Gasteiger partial charge in [-0.25, -0.2) is 4.39 Å². The summed E-state index contributed by atoms with van der Waals surface area (Å²) in [5.74, 6) is 0.116. The van der Waals surface area contributed by atoms with Gasteiger partial charge in [-0.3, -0.25) is 0 Å². The van der Waals surface area contributed by atoms with Gasteiger partial charge in [0.05, 0.1) is 6.61 Å². The predicted molar refractivity (Wildman–Crippen MR) is 63.9 cm³/mol. The first-order valence-electron chi connectivity index (χ1n) is 5.57. The molecule has 0 aliphatic carbocycles. The molecule has 1 nitrogen and oxygen atoms in total. The lowest BCUT2D eigenvalue weighted by Crippen LogP contribution is -2.22. The molecule has 0 amide bonds. The topological polar surface area (TPSA) is 9.23 Å². The van der Waals surface area contributed by atoms with Crippen molar-refractivity contribution in [1.29, 1.82) is 0 Å². The minimum atomic E-state index is -0.252. The second kappa shape index (κ2) is 5.79. The molecule has 0 saturated heterocycles. The molecule has 1 aromatic rings. The van der Waals surface area contributed by atoms with Crippen LogP contribution in [0.15, 0.2) is 18.2 Å². The molecule has 15 heavy (non-hydrogen) atoms. The van der Waals surface area contributed by atoms with Crippen molar-refractivity contribution in [1.82, 2.24) is 0 Å². The Morgan fingerprint density at radius 1 is 1.33 bits per heavy atom. The molecule has 0 atom stereocenters. The second-order valence-corrected chi connectivity index (χ2v) is 4.05. The van der Waals surface area contributed by atoms with Crippen molar-refractivity contribution in [3.63, 3.8) is 0 Å². The summed E-state index contributed by atoms with van der Waals surface area (Å²) in [7, 11) is 0. The first-order valence-corrected chi connectivity index (χ1v) is 5.57. The zero-order chi connectivity index (χ0) is 11.3. The van der Waals surface area contributed by atoms with E-state index in [1.165, 1.54) is 0 Å². The largest absolute Gasteiger partial charge is 0.491 e. The standard InChI is InChI=1S/C12H18BFO/c1-4-5-8-15-12-7-6-10(13(2)3)9-11(12)14/h6-7,9H,4-5,8H2,1-3H3. The number of ether oxygens (including phenoxy) is 1. The third-order valence-corrected chi connectivity index (χ3v) is 2.38. The first-order chi connectivity index (χ1) is 7.15. The van der Waals surface area contributed by atoms with Crippen LogP contribution in [0.4, 0.5) is 4.39 Å². The maximum atomic E-state index is 13.5. The third kappa shape index (κ3) is 3.58. The monoisotopic (exact) mass is 208 g/mol. The smallest absolute Gasteiger partial charge is 0.169 e. The summed E-state index contributed by atoms with van der Waals surface area (Å²) in [5.41, 5.74) is 1.01. The lowest BCUT2D eigenvalue weighted by atomic mass is 9.49. The zero-order valence-electron chi connectivity index (χ0n) is 9.72. The molecule has 0 heterocycles. The van der Waals surface area contributed by atoms with Crippen LogP contribution in [-0.2, 0) is 0 Å². The van der Waals surface area contributed by atoms with E-state index in [9.17, 15) is 4.39 Å². The van der Waals surface area contributed by atoms with Gasteiger partial charge < -0.3 is 4.74 Å². The molecule has 0 fully saturated rings. The molecule has 0 radical (unpaired) electrons. The van der Waals surface area contributed by atoms with Crippen molar-refractivity contribution < 1.29 is 9.13 Å². The maximum absolute atomic E-state index is 13.5. The van der Waals surface area contributed by atoms with Crippen LogP contribution in [0.3, 0.4) is 0 Å². The van der Waals surface area contributed by atoms with E-state index in [0.29, 0.717) is 19.1 Å². The first kappa shape index (κ1) is 12.1. The Hall–Kier alpha value is -0.985. The van der Waals surface area contributed by atoms with Crippen molar-refractivity contribution in [3.8, 4) is 5.75 Å². The van der Waals surface area contributed by atoms with Crippen LogP contribution in [0.2, 0.25) is 13.6 Å². The minimum absolute atomic E-state index is 0.252. The maximum Gasteiger partial charge on any atom is 0.169 e. The molecule has 82 valence electrons. The molecule has 0 aliphatic rings. The van der Waals surface area contributed by atoms with Crippen LogP contribution in [0, 0.1) is 5.82 Å². The molecule has 1 aromatic carbocycles. The van der Waals surface area contributed by atoms with Crippen LogP contribution >= 0.6 is 0 Å². The van der Waals surface area contributed by atoms with Gasteiger partial charge >= 0.3 is 0 Å². The third-order valence-electron chi connectivity index (χ3n) is 2.38. The van der Waals surface area contributed by atoms with Crippen molar-refractivity contribution in [3.05, 3.63) is 24.0 Å². The fraction of sp³-hybridized carbons (Fsp3) is 0.500. The Bertz CT molecular complexity index is 312. The average Bonchev–Trinajstić information content (AvgIpc) is 2.20. The van der Waals surface area contributed by atoms with Crippen LogP contribution in [0.25, 0.3) is 0 Å². The zero-order valence-corrected chi connectivity index (χ0v) is 9.72. The van der Waals surface area contributed by atoms with Gasteiger partial charge in [-0.15, -0.1) is 0 Å². The Balaban J connectivity index is 2.66. The summed E-state index contributed by atoms with van der Waals surface area (Å²) < 4.78 is 18.8. The van der Waals surface area contributed by atoms with Crippen LogP contribution in [-0.4, -0.2) is 13.3 Å². The quantitative estimate of drug-likeness (QED) is 0.533. The molecule has 0 unspecified atom stereocenters. The molecule has 0 bridgehead atoms. The highest BCUT2D eigenvalue weighted by Gasteiger charge is 2.08. The van der Waals surface area contributed by atoms with E-state index in [-0.39, 0.29) is 5.82 Å². The van der Waals surface area contributed by atoms with Gasteiger partial charge in [0.1, 0.15) is 0 Å². The summed E-state index contributed by atoms with van der Waals surface area (Å²) in [4.78, 5) is 0. The Morgan fingerprint density at radius 2 is 2.07 bits per heavy atom. The van der Waals surface area contributed by atoms with Gasteiger partial charge in [0.2, 0.25) is 0 Å². The lowest BCUT2D eigenvalue weighted by Gasteiger charge is -2.08. The summed E-state index contributed by atoms with van der Waals surface area (Å²) in [6.45, 7) is 7.12. The molecule has 0 N–H and O–H groups in total. The molecular formula is C12H18BFO. The molecule has 1 rings (SSSR count). The normalized spacial score (nSPS) is 10.1. The van der Waals surface area contributed by atoms with E-state index in [2.05, 4.69) is 6.92 Å². The molecular weight excluding hydrogens is 190 g/mol. The fourth-order valence-electron chi connectivity index (χ4n) is 1.32. The molecule has 0 saturated carbocycles. The molecule has 0 aromatic heterocycles. The van der Waals surface area contributed by atoms with Crippen LogP contribution in [0.5, 0.6) is 5.75 Å². The van der Waals surface area contributed by atoms with Gasteiger partial charge in [-0.1, -0.05) is 38.5 Å². The average molecular weight is 208 g/mol. The van der Waals surface area contributed by atoms with E-state index in [1.54, 1.807) is 12.1 Å². The number of hydrogen-bond acceptors (Lipinski definition) is 1. The number of benzene rings is 1. The number of halogens is 1. The second-order valence-electron chi connectivity index (χ2n) is 4.05. The van der Waals surface area contributed by atoms with E-state index in [4.69, 9.17) is 4.74 Å². The van der Waals surface area contributed by atoms with E-state index < -0.39 is 0 Å². The predicted octanol–water partition coefficient (Wildman–Crippen LogP) is 2.97. The van der Waals surface area contributed by atoms with Crippen molar-refractivity contribution in [2.45, 2.75) is 33.4 Å². The summed E-state index contributed by atoms with van der Waals surface area (Å²) >= 11 is 0. The molecule has 0 aliphatic heterocycles. The van der Waals surface area contributed by atoms with Gasteiger partial charge in [0.15, 0.2) is 18.3 Å². The van der Waals surface area contributed by atoms with Crippen molar-refractivity contribution in [2.24, 2.45) is 0 Å². The Kier molecular flexibility index (Phi) is 4.66. The highest BCUT2D eigenvalue weighted by molar-refractivity contribution is 6.70. The summed E-state index contributed by atoms with van der Waals surface area (Å²) in [6, 6.07) is 5.21. The lowest BCUT2D eigenvalue weighted by molar-refractivity contribution is 0.294. The van der Waals surface area contributed by atoms with Gasteiger partial charge in [-0.2, -0.15) is 0 Å². The number of hydrogen-bond donors (Lipinski definition) is 0. The Labute approximate surface area is 91.7 Å². The van der Waals surface area contributed by atoms with Crippen LogP contribution in [0.1, 0.15) is 19.8 Å². The van der Waals surface area contributed by atoms with Crippen molar-refractivity contribution >= 4 is 12.2 Å². The summed E-state index contributed by atoms with van der Waals surface area (Å²) in [5, 5.41) is 0. The minimum Gasteiger partial charge on any atom is -0.491 e. The summed E-state index contributed by atoms with van der Waals surface area (Å²) in [6.07, 6.45) is 2.02. The highest BCUT2D eigenvalue weighted by Crippen LogP contribution is 2.15. The number of unbranched alkanes of at least 4 members (excludes halogenated alkanes) is 1. The fourth-order valence-corrected chi connectivity index (χ4v) is 1.32. The van der Waals surface area contributed by atoms with Gasteiger partial charge in [0.25, 0.3) is 0 Å². The van der Waals surface area contributed by atoms with Crippen LogP contribution < -0.4 is 10.2 Å². The van der Waals surface area contributed by atoms with E-state index >= 15 is 0 Å². The Morgan fingerprint density at radius 3 is 2.60 bits per heavy atom. The van der Waals surface area contributed by atoms with Gasteiger partial charge in [-0.05, 0) is 18.6 Å². The molecule has 3 heteroatoms. The number of rotatable bonds is 5. The molecule has 0 spiro atoms.